The number of unbranched alkanes of at least 4 members (excludes halogenated alkanes) is 2. The van der Waals surface area contributed by atoms with Gasteiger partial charge < -0.3 is 28.8 Å². The molecular formula is C27H36N2O6. The Kier molecular flexibility index (Phi) is 9.37. The van der Waals surface area contributed by atoms with Crippen LogP contribution in [-0.4, -0.2) is 67.0 Å². The Hall–Kier alpha value is -3.26. The Bertz CT molecular complexity index is 1030. The van der Waals surface area contributed by atoms with Crippen molar-refractivity contribution in [3.05, 3.63) is 59.3 Å². The second-order valence-corrected chi connectivity index (χ2v) is 8.82. The van der Waals surface area contributed by atoms with Gasteiger partial charge in [-0.3, -0.25) is 9.59 Å². The van der Waals surface area contributed by atoms with E-state index in [0.29, 0.717) is 43.2 Å². The highest BCUT2D eigenvalue weighted by atomic mass is 16.5. The van der Waals surface area contributed by atoms with Crippen molar-refractivity contribution in [3.8, 4) is 11.5 Å². The molecule has 1 N–H and O–H groups in total. The van der Waals surface area contributed by atoms with E-state index < -0.39 is 23.5 Å². The van der Waals surface area contributed by atoms with E-state index in [1.54, 1.807) is 23.1 Å². The molecule has 1 amide bonds. The van der Waals surface area contributed by atoms with Crippen LogP contribution < -0.4 is 9.47 Å². The lowest BCUT2D eigenvalue weighted by Gasteiger charge is -2.28. The molecule has 0 saturated carbocycles. The molecule has 2 aromatic rings. The summed E-state index contributed by atoms with van der Waals surface area (Å²) in [4.78, 5) is 30.0. The van der Waals surface area contributed by atoms with Crippen LogP contribution in [0, 0.1) is 0 Å². The highest BCUT2D eigenvalue weighted by molar-refractivity contribution is 6.15. The number of furan rings is 1. The smallest absolute Gasteiger partial charge is 0.290 e. The minimum atomic E-state index is -0.768. The summed E-state index contributed by atoms with van der Waals surface area (Å²) in [6.07, 6.45) is 5.20. The summed E-state index contributed by atoms with van der Waals surface area (Å²) in [6, 6.07) is 7.78. The summed E-state index contributed by atoms with van der Waals surface area (Å²) in [6.45, 7) is 6.17. The third-order valence-electron chi connectivity index (χ3n) is 5.89. The number of aliphatic hydroxyl groups excluding tert-OH is 1. The van der Waals surface area contributed by atoms with Crippen molar-refractivity contribution in [3.63, 3.8) is 0 Å². The predicted octanol–water partition coefficient (Wildman–Crippen LogP) is 4.78. The number of rotatable bonds is 14. The molecule has 1 aliphatic rings. The van der Waals surface area contributed by atoms with E-state index in [1.807, 2.05) is 32.0 Å². The summed E-state index contributed by atoms with van der Waals surface area (Å²) in [5, 5.41) is 10.8. The highest BCUT2D eigenvalue weighted by Gasteiger charge is 2.44. The van der Waals surface area contributed by atoms with Crippen LogP contribution in [0.25, 0.3) is 0 Å². The average molecular weight is 485 g/mol. The number of amides is 1. The number of aliphatic hydroxyl groups is 1. The lowest BCUT2D eigenvalue weighted by Crippen LogP contribution is -2.33. The standard InChI is InChI=1S/C27H36N2O6/c1-5-7-8-16-34-20-13-12-19(18-22(20)33-6-2)24-23(25(30)21-11-9-17-35-21)26(31)27(32)29(24)15-10-14-28(3)4/h9,11-13,17-18,24,31H,5-8,10,14-16H2,1-4H3. The topological polar surface area (TPSA) is 92.5 Å². The summed E-state index contributed by atoms with van der Waals surface area (Å²) < 4.78 is 17.1. The Morgan fingerprint density at radius 1 is 1.11 bits per heavy atom. The van der Waals surface area contributed by atoms with Crippen LogP contribution in [0.2, 0.25) is 0 Å². The third-order valence-corrected chi connectivity index (χ3v) is 5.89. The van der Waals surface area contributed by atoms with Crippen molar-refractivity contribution in [2.75, 3.05) is 40.4 Å². The molecule has 1 aliphatic heterocycles. The van der Waals surface area contributed by atoms with Gasteiger partial charge in [-0.15, -0.1) is 0 Å². The van der Waals surface area contributed by atoms with Crippen LogP contribution in [0.5, 0.6) is 11.5 Å². The third kappa shape index (κ3) is 6.25. The summed E-state index contributed by atoms with van der Waals surface area (Å²) >= 11 is 0. The molecule has 0 radical (unpaired) electrons. The molecule has 0 bridgehead atoms. The monoisotopic (exact) mass is 484 g/mol. The SMILES string of the molecule is CCCCCOc1ccc(C2C(C(=O)c3ccco3)=C(O)C(=O)N2CCCN(C)C)cc1OCC. The zero-order valence-electron chi connectivity index (χ0n) is 21.1. The second-order valence-electron chi connectivity index (χ2n) is 8.82. The lowest BCUT2D eigenvalue weighted by molar-refractivity contribution is -0.129. The van der Waals surface area contributed by atoms with Crippen molar-refractivity contribution < 1.29 is 28.6 Å². The molecule has 0 spiro atoms. The number of nitrogens with zero attached hydrogens (tertiary/aromatic N) is 2. The Labute approximate surface area is 207 Å². The van der Waals surface area contributed by atoms with Gasteiger partial charge in [-0.05, 0) is 70.2 Å². The van der Waals surface area contributed by atoms with Gasteiger partial charge in [0.1, 0.15) is 0 Å². The molecular weight excluding hydrogens is 448 g/mol. The van der Waals surface area contributed by atoms with E-state index in [9.17, 15) is 14.7 Å². The minimum Gasteiger partial charge on any atom is -0.503 e. The minimum absolute atomic E-state index is 0.00821. The molecule has 2 heterocycles. The normalized spacial score (nSPS) is 15.9. The van der Waals surface area contributed by atoms with Gasteiger partial charge in [0.15, 0.2) is 23.0 Å². The molecule has 190 valence electrons. The first-order valence-electron chi connectivity index (χ1n) is 12.3. The number of Topliss-reactive ketones (excluding diaryl/α,β-unsaturated/α-hetero) is 1. The van der Waals surface area contributed by atoms with Crippen molar-refractivity contribution in [2.45, 2.75) is 45.6 Å². The number of ether oxygens (including phenoxy) is 2. The largest absolute Gasteiger partial charge is 0.503 e. The first-order chi connectivity index (χ1) is 16.9. The first-order valence-corrected chi connectivity index (χ1v) is 12.3. The van der Waals surface area contributed by atoms with Crippen molar-refractivity contribution in [2.24, 2.45) is 0 Å². The molecule has 0 fully saturated rings. The molecule has 0 saturated heterocycles. The summed E-state index contributed by atoms with van der Waals surface area (Å²) in [5.41, 5.74) is 0.667. The summed E-state index contributed by atoms with van der Waals surface area (Å²) in [7, 11) is 3.91. The Morgan fingerprint density at radius 3 is 2.57 bits per heavy atom. The van der Waals surface area contributed by atoms with Gasteiger partial charge in [0.2, 0.25) is 5.78 Å². The number of benzene rings is 1. The molecule has 1 unspecified atom stereocenters. The summed E-state index contributed by atoms with van der Waals surface area (Å²) in [5.74, 6) is -0.402. The zero-order valence-corrected chi connectivity index (χ0v) is 21.1. The van der Waals surface area contributed by atoms with Gasteiger partial charge in [-0.25, -0.2) is 0 Å². The molecule has 8 heteroatoms. The first kappa shape index (κ1) is 26.3. The van der Waals surface area contributed by atoms with E-state index in [1.165, 1.54) is 12.3 Å². The molecule has 0 aliphatic carbocycles. The molecule has 8 nitrogen and oxygen atoms in total. The van der Waals surface area contributed by atoms with E-state index in [4.69, 9.17) is 13.9 Å². The predicted molar refractivity (Wildman–Crippen MR) is 133 cm³/mol. The Balaban J connectivity index is 1.98. The molecule has 1 atom stereocenters. The van der Waals surface area contributed by atoms with Crippen LogP contribution in [-0.2, 0) is 4.79 Å². The molecule has 3 rings (SSSR count). The van der Waals surface area contributed by atoms with Crippen LogP contribution in [0.3, 0.4) is 0 Å². The lowest BCUT2D eigenvalue weighted by atomic mass is 9.94. The maximum absolute atomic E-state index is 13.3. The van der Waals surface area contributed by atoms with Crippen LogP contribution in [0.4, 0.5) is 0 Å². The maximum Gasteiger partial charge on any atom is 0.290 e. The zero-order chi connectivity index (χ0) is 25.4. The van der Waals surface area contributed by atoms with Crippen molar-refractivity contribution >= 4 is 11.7 Å². The van der Waals surface area contributed by atoms with Gasteiger partial charge >= 0.3 is 0 Å². The number of carbonyl (C=O) groups is 2. The van der Waals surface area contributed by atoms with E-state index in [-0.39, 0.29) is 11.3 Å². The molecule has 1 aromatic carbocycles. The van der Waals surface area contributed by atoms with E-state index in [0.717, 1.165) is 25.8 Å². The van der Waals surface area contributed by atoms with Crippen LogP contribution in [0.1, 0.15) is 61.7 Å². The molecule has 35 heavy (non-hydrogen) atoms. The molecule has 1 aromatic heterocycles. The maximum atomic E-state index is 13.3. The van der Waals surface area contributed by atoms with Gasteiger partial charge in [-0.1, -0.05) is 25.8 Å². The number of hydrogen-bond donors (Lipinski definition) is 1. The fourth-order valence-corrected chi connectivity index (χ4v) is 4.18. The quantitative estimate of drug-likeness (QED) is 0.305. The van der Waals surface area contributed by atoms with Gasteiger partial charge in [0.05, 0.1) is 31.1 Å². The highest BCUT2D eigenvalue weighted by Crippen LogP contribution is 2.42. The fourth-order valence-electron chi connectivity index (χ4n) is 4.18. The van der Waals surface area contributed by atoms with E-state index in [2.05, 4.69) is 6.92 Å². The van der Waals surface area contributed by atoms with Crippen molar-refractivity contribution in [1.82, 2.24) is 9.80 Å². The van der Waals surface area contributed by atoms with Crippen LogP contribution >= 0.6 is 0 Å². The van der Waals surface area contributed by atoms with Crippen LogP contribution in [0.15, 0.2) is 52.3 Å². The Morgan fingerprint density at radius 2 is 1.91 bits per heavy atom. The van der Waals surface area contributed by atoms with Gasteiger partial charge in [0, 0.05) is 6.54 Å². The number of hydrogen-bond acceptors (Lipinski definition) is 7. The van der Waals surface area contributed by atoms with Gasteiger partial charge in [-0.2, -0.15) is 0 Å². The second kappa shape index (κ2) is 12.4. The fraction of sp³-hybridized carbons (Fsp3) is 0.481. The van der Waals surface area contributed by atoms with Crippen molar-refractivity contribution in [1.29, 1.82) is 0 Å². The average Bonchev–Trinajstić information content (AvgIpc) is 3.45. The number of carbonyl (C=O) groups excluding carboxylic acids is 2. The van der Waals surface area contributed by atoms with E-state index >= 15 is 0 Å². The number of ketones is 1. The van der Waals surface area contributed by atoms with Gasteiger partial charge in [0.25, 0.3) is 5.91 Å².